The predicted octanol–water partition coefficient (Wildman–Crippen LogP) is 0.899. The predicted molar refractivity (Wildman–Crippen MR) is 87.2 cm³/mol. The van der Waals surface area contributed by atoms with Crippen molar-refractivity contribution in [1.82, 2.24) is 4.90 Å². The summed E-state index contributed by atoms with van der Waals surface area (Å²) in [4.78, 5) is 13.8. The van der Waals surface area contributed by atoms with Gasteiger partial charge in [-0.3, -0.25) is 9.69 Å². The fourth-order valence-electron chi connectivity index (χ4n) is 3.93. The van der Waals surface area contributed by atoms with Gasteiger partial charge in [0.2, 0.25) is 10.0 Å². The van der Waals surface area contributed by atoms with E-state index in [9.17, 15) is 18.3 Å². The molecule has 132 valence electrons. The van der Waals surface area contributed by atoms with E-state index >= 15 is 0 Å². The summed E-state index contributed by atoms with van der Waals surface area (Å²) in [6.45, 7) is 2.47. The molecule has 1 aliphatic heterocycles. The van der Waals surface area contributed by atoms with E-state index in [1.807, 2.05) is 0 Å². The normalized spacial score (nSPS) is 27.1. The molecule has 0 unspecified atom stereocenters. The van der Waals surface area contributed by atoms with Gasteiger partial charge < -0.3 is 9.84 Å². The second kappa shape index (κ2) is 6.34. The van der Waals surface area contributed by atoms with Gasteiger partial charge in [-0.2, -0.15) is 0 Å². The number of hydrogen-bond donors (Lipinski definition) is 2. The third-order valence-corrected chi connectivity index (χ3v) is 6.12. The van der Waals surface area contributed by atoms with Crippen molar-refractivity contribution in [2.24, 2.45) is 16.5 Å². The summed E-state index contributed by atoms with van der Waals surface area (Å²) in [7, 11) is -3.70. The van der Waals surface area contributed by atoms with Crippen LogP contribution in [0.2, 0.25) is 0 Å². The number of hydrogen-bond acceptors (Lipinski definition) is 5. The number of aliphatic carboxylic acids is 1. The summed E-state index contributed by atoms with van der Waals surface area (Å²) >= 11 is 0. The number of nitrogens with two attached hydrogens (primary N) is 1. The Bertz CT molecular complexity index is 718. The average molecular weight is 354 g/mol. The number of fused-ring (bicyclic) bond motifs is 1. The molecule has 1 heterocycles. The molecule has 0 spiro atoms. The van der Waals surface area contributed by atoms with Crippen molar-refractivity contribution in [2.75, 3.05) is 26.2 Å². The van der Waals surface area contributed by atoms with Crippen LogP contribution in [0.25, 0.3) is 0 Å². The second-order valence-electron chi connectivity index (χ2n) is 6.65. The number of carbonyl (C=O) groups is 1. The second-order valence-corrected chi connectivity index (χ2v) is 8.21. The van der Waals surface area contributed by atoms with E-state index in [1.165, 1.54) is 12.1 Å². The van der Waals surface area contributed by atoms with Crippen molar-refractivity contribution in [3.05, 3.63) is 24.3 Å². The molecule has 8 heteroatoms. The van der Waals surface area contributed by atoms with Crippen molar-refractivity contribution in [1.29, 1.82) is 0 Å². The lowest BCUT2D eigenvalue weighted by Gasteiger charge is -2.23. The zero-order chi connectivity index (χ0) is 17.4. The summed E-state index contributed by atoms with van der Waals surface area (Å²) in [6, 6.07) is 5.95. The molecule has 2 fully saturated rings. The van der Waals surface area contributed by atoms with Crippen molar-refractivity contribution >= 4 is 16.0 Å². The lowest BCUT2D eigenvalue weighted by Crippen LogP contribution is -2.36. The molecule has 3 rings (SSSR count). The largest absolute Gasteiger partial charge is 0.492 e. The van der Waals surface area contributed by atoms with Crippen LogP contribution in [0.3, 0.4) is 0 Å². The molecular formula is C16H22N2O5S. The van der Waals surface area contributed by atoms with Gasteiger partial charge >= 0.3 is 5.97 Å². The van der Waals surface area contributed by atoms with E-state index in [-0.39, 0.29) is 10.8 Å². The third kappa shape index (κ3) is 3.26. The van der Waals surface area contributed by atoms with Crippen molar-refractivity contribution in [3.8, 4) is 5.75 Å². The summed E-state index contributed by atoms with van der Waals surface area (Å²) in [6.07, 6.45) is 2.75. The molecule has 1 aromatic carbocycles. The zero-order valence-electron chi connectivity index (χ0n) is 13.3. The first-order valence-electron chi connectivity index (χ1n) is 8.03. The van der Waals surface area contributed by atoms with E-state index in [4.69, 9.17) is 9.88 Å². The average Bonchev–Trinajstić information content (AvgIpc) is 3.04. The lowest BCUT2D eigenvalue weighted by molar-refractivity contribution is -0.149. The number of carboxylic acids is 1. The smallest absolute Gasteiger partial charge is 0.311 e. The number of carboxylic acid groups (broad SMARTS) is 1. The topological polar surface area (TPSA) is 110 Å². The van der Waals surface area contributed by atoms with Crippen LogP contribution < -0.4 is 9.88 Å². The Labute approximate surface area is 141 Å². The number of ether oxygens (including phenoxy) is 1. The lowest BCUT2D eigenvalue weighted by atomic mass is 9.81. The summed E-state index contributed by atoms with van der Waals surface area (Å²) in [5.74, 6) is 0.130. The van der Waals surface area contributed by atoms with Gasteiger partial charge in [-0.25, -0.2) is 13.6 Å². The first-order chi connectivity index (χ1) is 11.3. The van der Waals surface area contributed by atoms with Gasteiger partial charge in [-0.1, -0.05) is 6.42 Å². The van der Waals surface area contributed by atoms with E-state index in [1.54, 1.807) is 12.1 Å². The number of primary sulfonamides is 1. The zero-order valence-corrected chi connectivity index (χ0v) is 14.2. The molecule has 0 radical (unpaired) electrons. The third-order valence-electron chi connectivity index (χ3n) is 5.20. The van der Waals surface area contributed by atoms with Crippen LogP contribution in [0.4, 0.5) is 0 Å². The number of likely N-dealkylation sites (tertiary alicyclic amines) is 1. The van der Waals surface area contributed by atoms with Crippen LogP contribution in [0.1, 0.15) is 19.3 Å². The fraction of sp³-hybridized carbons (Fsp3) is 0.562. The highest BCUT2D eigenvalue weighted by Gasteiger charge is 2.54. The molecule has 1 aliphatic carbocycles. The van der Waals surface area contributed by atoms with Crippen LogP contribution in [0, 0.1) is 11.3 Å². The highest BCUT2D eigenvalue weighted by atomic mass is 32.2. The maximum Gasteiger partial charge on any atom is 0.311 e. The molecule has 1 saturated heterocycles. The van der Waals surface area contributed by atoms with Crippen molar-refractivity contribution in [3.63, 3.8) is 0 Å². The van der Waals surface area contributed by atoms with E-state index in [0.29, 0.717) is 25.4 Å². The molecule has 1 aromatic rings. The molecular weight excluding hydrogens is 332 g/mol. The van der Waals surface area contributed by atoms with E-state index < -0.39 is 21.4 Å². The Kier molecular flexibility index (Phi) is 4.54. The summed E-state index contributed by atoms with van der Waals surface area (Å²) < 4.78 is 28.0. The first kappa shape index (κ1) is 17.2. The maximum absolute atomic E-state index is 11.6. The fourth-order valence-corrected chi connectivity index (χ4v) is 4.45. The molecule has 0 bridgehead atoms. The van der Waals surface area contributed by atoms with Gasteiger partial charge in [0.05, 0.1) is 10.3 Å². The molecule has 1 saturated carbocycles. The van der Waals surface area contributed by atoms with E-state index in [0.717, 1.165) is 25.8 Å². The minimum Gasteiger partial charge on any atom is -0.492 e. The number of nitrogens with zero attached hydrogens (tertiary/aromatic N) is 1. The Morgan fingerprint density at radius 1 is 1.38 bits per heavy atom. The monoisotopic (exact) mass is 354 g/mol. The van der Waals surface area contributed by atoms with Crippen LogP contribution >= 0.6 is 0 Å². The quantitative estimate of drug-likeness (QED) is 0.785. The summed E-state index contributed by atoms with van der Waals surface area (Å²) in [5, 5.41) is 14.6. The van der Waals surface area contributed by atoms with Gasteiger partial charge in [0.1, 0.15) is 12.4 Å². The van der Waals surface area contributed by atoms with Gasteiger partial charge in [0.15, 0.2) is 0 Å². The minimum absolute atomic E-state index is 0.0469. The highest BCUT2D eigenvalue weighted by Crippen LogP contribution is 2.48. The van der Waals surface area contributed by atoms with Gasteiger partial charge in [0.25, 0.3) is 0 Å². The highest BCUT2D eigenvalue weighted by molar-refractivity contribution is 7.89. The Morgan fingerprint density at radius 3 is 2.67 bits per heavy atom. The summed E-state index contributed by atoms with van der Waals surface area (Å²) in [5.41, 5.74) is -0.572. The van der Waals surface area contributed by atoms with Gasteiger partial charge in [-0.05, 0) is 43.0 Å². The molecule has 24 heavy (non-hydrogen) atoms. The van der Waals surface area contributed by atoms with Crippen molar-refractivity contribution < 1.29 is 23.1 Å². The Morgan fingerprint density at radius 2 is 2.08 bits per heavy atom. The Balaban J connectivity index is 1.52. The first-order valence-corrected chi connectivity index (χ1v) is 9.57. The van der Waals surface area contributed by atoms with Crippen LogP contribution in [0.5, 0.6) is 5.75 Å². The standard InChI is InChI=1S/C16H22N2O5S/c17-24(21,22)14-5-3-13(4-6-14)23-9-8-18-10-12-2-1-7-16(12,11-18)15(19)20/h3-6,12H,1-2,7-11H2,(H,19,20)(H2,17,21,22)/t12-,16+/m0/s1. The SMILES string of the molecule is NS(=O)(=O)c1ccc(OCCN2C[C@@H]3CCC[C@@]3(C(=O)O)C2)cc1. The molecule has 3 N–H and O–H groups in total. The van der Waals surface area contributed by atoms with Gasteiger partial charge in [-0.15, -0.1) is 0 Å². The molecule has 2 atom stereocenters. The number of sulfonamides is 1. The van der Waals surface area contributed by atoms with E-state index in [2.05, 4.69) is 4.90 Å². The van der Waals surface area contributed by atoms with Crippen LogP contribution in [-0.4, -0.2) is 50.6 Å². The number of rotatable bonds is 6. The number of benzene rings is 1. The Hall–Kier alpha value is -1.64. The molecule has 2 aliphatic rings. The molecule has 0 aromatic heterocycles. The van der Waals surface area contributed by atoms with Crippen LogP contribution in [0.15, 0.2) is 29.2 Å². The van der Waals surface area contributed by atoms with Crippen molar-refractivity contribution in [2.45, 2.75) is 24.2 Å². The maximum atomic E-state index is 11.6. The minimum atomic E-state index is -3.70. The molecule has 0 amide bonds. The van der Waals surface area contributed by atoms with Gasteiger partial charge in [0, 0.05) is 19.6 Å². The van der Waals surface area contributed by atoms with Crippen LogP contribution in [-0.2, 0) is 14.8 Å². The molecule has 7 nitrogen and oxygen atoms in total.